The van der Waals surface area contributed by atoms with Crippen molar-refractivity contribution in [3.05, 3.63) is 30.3 Å². The van der Waals surface area contributed by atoms with E-state index in [2.05, 4.69) is 4.90 Å². The van der Waals surface area contributed by atoms with Gasteiger partial charge in [-0.1, -0.05) is 18.2 Å². The fourth-order valence-corrected chi connectivity index (χ4v) is 1.30. The summed E-state index contributed by atoms with van der Waals surface area (Å²) in [6, 6.07) is 10.1. The third-order valence-corrected chi connectivity index (χ3v) is 2.11. The molecule has 0 atom stereocenters. The fourth-order valence-electron chi connectivity index (χ4n) is 1.30. The highest BCUT2D eigenvalue weighted by molar-refractivity contribution is 5.73. The van der Waals surface area contributed by atoms with E-state index in [9.17, 15) is 4.79 Å². The Morgan fingerprint density at radius 3 is 2.57 bits per heavy atom. The molecule has 0 fully saturated rings. The topological polar surface area (TPSA) is 46.3 Å². The maximum Gasteiger partial charge on any atom is 0.217 e. The molecule has 1 amide bonds. The first kappa shape index (κ1) is 10.6. The van der Waals surface area contributed by atoms with Crippen LogP contribution < -0.4 is 10.6 Å². The van der Waals surface area contributed by atoms with Gasteiger partial charge in [-0.05, 0) is 18.6 Å². The first-order chi connectivity index (χ1) is 6.70. The standard InChI is InChI=1S/C11H16N2O/c1-13(9-5-8-11(12)14)10-6-3-2-4-7-10/h2-4,6-7H,5,8-9H2,1H3,(H2,12,14). The Hall–Kier alpha value is -1.51. The summed E-state index contributed by atoms with van der Waals surface area (Å²) in [4.78, 5) is 12.6. The highest BCUT2D eigenvalue weighted by Gasteiger charge is 2.00. The van der Waals surface area contributed by atoms with E-state index in [4.69, 9.17) is 5.73 Å². The van der Waals surface area contributed by atoms with Gasteiger partial charge in [0.1, 0.15) is 0 Å². The predicted octanol–water partition coefficient (Wildman–Crippen LogP) is 1.39. The van der Waals surface area contributed by atoms with Crippen LogP contribution in [-0.4, -0.2) is 19.5 Å². The minimum Gasteiger partial charge on any atom is -0.375 e. The molecule has 0 saturated heterocycles. The van der Waals surface area contributed by atoms with Gasteiger partial charge in [-0.15, -0.1) is 0 Å². The van der Waals surface area contributed by atoms with Crippen LogP contribution in [0.1, 0.15) is 12.8 Å². The lowest BCUT2D eigenvalue weighted by Gasteiger charge is -2.18. The van der Waals surface area contributed by atoms with E-state index in [-0.39, 0.29) is 5.91 Å². The molecule has 1 aromatic carbocycles. The van der Waals surface area contributed by atoms with Gasteiger partial charge in [0.2, 0.25) is 5.91 Å². The molecule has 1 rings (SSSR count). The lowest BCUT2D eigenvalue weighted by molar-refractivity contribution is -0.118. The SMILES string of the molecule is CN(CCCC(N)=O)c1ccccc1. The summed E-state index contributed by atoms with van der Waals surface area (Å²) in [7, 11) is 2.01. The van der Waals surface area contributed by atoms with Crippen molar-refractivity contribution in [2.24, 2.45) is 5.73 Å². The van der Waals surface area contributed by atoms with Crippen molar-refractivity contribution in [2.45, 2.75) is 12.8 Å². The number of carbonyl (C=O) groups is 1. The summed E-state index contributed by atoms with van der Waals surface area (Å²) in [5.41, 5.74) is 6.22. The summed E-state index contributed by atoms with van der Waals surface area (Å²) < 4.78 is 0. The highest BCUT2D eigenvalue weighted by atomic mass is 16.1. The molecule has 0 aromatic heterocycles. The average molecular weight is 192 g/mol. The highest BCUT2D eigenvalue weighted by Crippen LogP contribution is 2.11. The van der Waals surface area contributed by atoms with Crippen LogP contribution in [-0.2, 0) is 4.79 Å². The monoisotopic (exact) mass is 192 g/mol. The van der Waals surface area contributed by atoms with Crippen molar-refractivity contribution in [3.63, 3.8) is 0 Å². The van der Waals surface area contributed by atoms with Gasteiger partial charge >= 0.3 is 0 Å². The smallest absolute Gasteiger partial charge is 0.217 e. The number of hydrogen-bond acceptors (Lipinski definition) is 2. The summed E-state index contributed by atoms with van der Waals surface area (Å²) in [6.07, 6.45) is 1.26. The number of rotatable bonds is 5. The number of carbonyl (C=O) groups excluding carboxylic acids is 1. The molecule has 3 nitrogen and oxygen atoms in total. The summed E-state index contributed by atoms with van der Waals surface area (Å²) in [6.45, 7) is 0.854. The molecule has 0 unspecified atom stereocenters. The molecule has 14 heavy (non-hydrogen) atoms. The lowest BCUT2D eigenvalue weighted by Crippen LogP contribution is -2.20. The Morgan fingerprint density at radius 1 is 1.36 bits per heavy atom. The molecule has 0 heterocycles. The first-order valence-electron chi connectivity index (χ1n) is 4.74. The van der Waals surface area contributed by atoms with E-state index in [0.29, 0.717) is 6.42 Å². The zero-order valence-corrected chi connectivity index (χ0v) is 8.44. The molecule has 76 valence electrons. The molecule has 2 N–H and O–H groups in total. The number of anilines is 1. The third-order valence-electron chi connectivity index (χ3n) is 2.11. The zero-order valence-electron chi connectivity index (χ0n) is 8.44. The largest absolute Gasteiger partial charge is 0.375 e. The van der Waals surface area contributed by atoms with Gasteiger partial charge in [0, 0.05) is 25.7 Å². The molecule has 0 aliphatic rings. The molecule has 0 saturated carbocycles. The van der Waals surface area contributed by atoms with E-state index in [1.807, 2.05) is 37.4 Å². The van der Waals surface area contributed by atoms with Crippen LogP contribution in [0.2, 0.25) is 0 Å². The van der Waals surface area contributed by atoms with Crippen molar-refractivity contribution >= 4 is 11.6 Å². The quantitative estimate of drug-likeness (QED) is 0.766. The summed E-state index contributed by atoms with van der Waals surface area (Å²) >= 11 is 0. The number of nitrogens with zero attached hydrogens (tertiary/aromatic N) is 1. The number of hydrogen-bond donors (Lipinski definition) is 1. The van der Waals surface area contributed by atoms with Gasteiger partial charge < -0.3 is 10.6 Å². The molecule has 0 bridgehead atoms. The third kappa shape index (κ3) is 3.47. The van der Waals surface area contributed by atoms with Crippen molar-refractivity contribution in [1.29, 1.82) is 0 Å². The molecular formula is C11H16N2O. The Bertz CT molecular complexity index is 285. The number of primary amides is 1. The van der Waals surface area contributed by atoms with E-state index >= 15 is 0 Å². The molecule has 0 aliphatic carbocycles. The van der Waals surface area contributed by atoms with Crippen molar-refractivity contribution in [2.75, 3.05) is 18.5 Å². The van der Waals surface area contributed by atoms with Crippen LogP contribution in [0.15, 0.2) is 30.3 Å². The lowest BCUT2D eigenvalue weighted by atomic mass is 10.2. The van der Waals surface area contributed by atoms with Crippen LogP contribution in [0.3, 0.4) is 0 Å². The Balaban J connectivity index is 2.36. The fraction of sp³-hybridized carbons (Fsp3) is 0.364. The Morgan fingerprint density at radius 2 is 2.00 bits per heavy atom. The van der Waals surface area contributed by atoms with Crippen LogP contribution in [0.4, 0.5) is 5.69 Å². The molecular weight excluding hydrogens is 176 g/mol. The van der Waals surface area contributed by atoms with Crippen molar-refractivity contribution < 1.29 is 4.79 Å². The molecule has 0 aliphatic heterocycles. The van der Waals surface area contributed by atoms with Crippen LogP contribution in [0.5, 0.6) is 0 Å². The molecule has 0 radical (unpaired) electrons. The normalized spacial score (nSPS) is 9.79. The maximum absolute atomic E-state index is 10.5. The van der Waals surface area contributed by atoms with Gasteiger partial charge in [0.15, 0.2) is 0 Å². The predicted molar refractivity (Wildman–Crippen MR) is 58.1 cm³/mol. The van der Waals surface area contributed by atoms with Gasteiger partial charge in [0.05, 0.1) is 0 Å². The minimum atomic E-state index is -0.230. The number of amides is 1. The van der Waals surface area contributed by atoms with Gasteiger partial charge in [-0.25, -0.2) is 0 Å². The van der Waals surface area contributed by atoms with Gasteiger partial charge in [0.25, 0.3) is 0 Å². The second-order valence-corrected chi connectivity index (χ2v) is 3.33. The van der Waals surface area contributed by atoms with E-state index in [0.717, 1.165) is 18.7 Å². The Labute approximate surface area is 84.5 Å². The van der Waals surface area contributed by atoms with Crippen molar-refractivity contribution in [1.82, 2.24) is 0 Å². The second-order valence-electron chi connectivity index (χ2n) is 3.33. The second kappa shape index (κ2) is 5.27. The van der Waals surface area contributed by atoms with Crippen molar-refractivity contribution in [3.8, 4) is 0 Å². The number of nitrogens with two attached hydrogens (primary N) is 1. The van der Waals surface area contributed by atoms with Crippen LogP contribution in [0, 0.1) is 0 Å². The van der Waals surface area contributed by atoms with Gasteiger partial charge in [-0.3, -0.25) is 4.79 Å². The van der Waals surface area contributed by atoms with Gasteiger partial charge in [-0.2, -0.15) is 0 Å². The summed E-state index contributed by atoms with van der Waals surface area (Å²) in [5.74, 6) is -0.230. The van der Waals surface area contributed by atoms with Crippen LogP contribution >= 0.6 is 0 Å². The molecule has 0 spiro atoms. The Kier molecular flexibility index (Phi) is 3.98. The van der Waals surface area contributed by atoms with E-state index < -0.39 is 0 Å². The average Bonchev–Trinajstić information content (AvgIpc) is 2.18. The maximum atomic E-state index is 10.5. The molecule has 3 heteroatoms. The zero-order chi connectivity index (χ0) is 10.4. The number of benzene rings is 1. The van der Waals surface area contributed by atoms with E-state index in [1.54, 1.807) is 0 Å². The summed E-state index contributed by atoms with van der Waals surface area (Å²) in [5, 5.41) is 0. The minimum absolute atomic E-state index is 0.230. The number of para-hydroxylation sites is 1. The molecule has 1 aromatic rings. The van der Waals surface area contributed by atoms with Crippen LogP contribution in [0.25, 0.3) is 0 Å². The first-order valence-corrected chi connectivity index (χ1v) is 4.74. The van der Waals surface area contributed by atoms with E-state index in [1.165, 1.54) is 0 Å².